The number of carbonyl (C=O) groups is 1. The maximum Gasteiger partial charge on any atom is 0.307 e. The number of para-hydroxylation sites is 1. The van der Waals surface area contributed by atoms with Crippen LogP contribution in [0.25, 0.3) is 11.0 Å². The second kappa shape index (κ2) is 7.10. The number of benzene rings is 1. The van der Waals surface area contributed by atoms with E-state index in [0.717, 1.165) is 0 Å². The molecule has 2 aromatic rings. The molecule has 8 heteroatoms. The highest BCUT2D eigenvalue weighted by molar-refractivity contribution is 7.88. The van der Waals surface area contributed by atoms with E-state index in [1.165, 1.54) is 0 Å². The smallest absolute Gasteiger partial charge is 0.307 e. The minimum atomic E-state index is -3.70. The highest BCUT2D eigenvalue weighted by Gasteiger charge is 2.23. The van der Waals surface area contributed by atoms with Crippen LogP contribution in [0.3, 0.4) is 0 Å². The van der Waals surface area contributed by atoms with Crippen molar-refractivity contribution in [2.24, 2.45) is 11.8 Å². The molecule has 23 heavy (non-hydrogen) atoms. The van der Waals surface area contributed by atoms with E-state index in [9.17, 15) is 13.2 Å². The molecule has 1 atom stereocenters. The minimum Gasteiger partial charge on any atom is -0.481 e. The van der Waals surface area contributed by atoms with Crippen LogP contribution in [0.2, 0.25) is 0 Å². The number of sulfonamides is 1. The molecular formula is C15H20N2O5S. The molecule has 0 aliphatic carbocycles. The fourth-order valence-corrected chi connectivity index (χ4v) is 3.47. The molecule has 0 amide bonds. The van der Waals surface area contributed by atoms with Crippen molar-refractivity contribution >= 4 is 27.0 Å². The van der Waals surface area contributed by atoms with Crippen LogP contribution in [0.1, 0.15) is 26.0 Å². The molecular weight excluding hydrogens is 320 g/mol. The van der Waals surface area contributed by atoms with Gasteiger partial charge in [0.2, 0.25) is 10.0 Å². The molecule has 0 bridgehead atoms. The number of fused-ring (bicyclic) bond motifs is 1. The summed E-state index contributed by atoms with van der Waals surface area (Å²) in [6.07, 6.45) is 0.407. The second-order valence-electron chi connectivity index (χ2n) is 5.90. The summed E-state index contributed by atoms with van der Waals surface area (Å²) >= 11 is 0. The summed E-state index contributed by atoms with van der Waals surface area (Å²) in [4.78, 5) is 11.2. The summed E-state index contributed by atoms with van der Waals surface area (Å²) in [6.45, 7) is 3.66. The summed E-state index contributed by atoms with van der Waals surface area (Å²) < 4.78 is 31.8. The molecule has 0 fully saturated rings. The summed E-state index contributed by atoms with van der Waals surface area (Å²) in [5.74, 6) is -1.94. The highest BCUT2D eigenvalue weighted by atomic mass is 32.2. The molecule has 0 radical (unpaired) electrons. The third-order valence-electron chi connectivity index (χ3n) is 3.43. The van der Waals surface area contributed by atoms with Crippen LogP contribution < -0.4 is 4.72 Å². The molecule has 0 saturated heterocycles. The number of carboxylic acids is 1. The Balaban J connectivity index is 2.05. The lowest BCUT2D eigenvalue weighted by atomic mass is 9.98. The van der Waals surface area contributed by atoms with Crippen molar-refractivity contribution in [2.75, 3.05) is 6.54 Å². The van der Waals surface area contributed by atoms with Crippen molar-refractivity contribution in [3.8, 4) is 0 Å². The number of hydrogen-bond acceptors (Lipinski definition) is 5. The summed E-state index contributed by atoms with van der Waals surface area (Å²) in [6, 6.07) is 6.98. The summed E-state index contributed by atoms with van der Waals surface area (Å²) in [7, 11) is -3.70. The van der Waals surface area contributed by atoms with Gasteiger partial charge in [0.15, 0.2) is 5.58 Å². The highest BCUT2D eigenvalue weighted by Crippen LogP contribution is 2.19. The van der Waals surface area contributed by atoms with Crippen molar-refractivity contribution in [3.63, 3.8) is 0 Å². The molecule has 1 aromatic heterocycles. The van der Waals surface area contributed by atoms with Gasteiger partial charge >= 0.3 is 5.97 Å². The first-order valence-electron chi connectivity index (χ1n) is 7.32. The standard InChI is InChI=1S/C15H20N2O5S/c1-10(2)7-11(15(18)19)8-16-23(20,21)9-13-12-5-3-4-6-14(12)22-17-13/h3-6,10-11,16H,7-9H2,1-2H3,(H,18,19). The van der Waals surface area contributed by atoms with E-state index >= 15 is 0 Å². The number of rotatable bonds is 8. The van der Waals surface area contributed by atoms with E-state index in [1.54, 1.807) is 24.3 Å². The number of nitrogens with one attached hydrogen (secondary N) is 1. The van der Waals surface area contributed by atoms with E-state index in [4.69, 9.17) is 9.63 Å². The fourth-order valence-electron chi connectivity index (χ4n) is 2.34. The van der Waals surface area contributed by atoms with Crippen LogP contribution >= 0.6 is 0 Å². The van der Waals surface area contributed by atoms with E-state index < -0.39 is 21.9 Å². The average molecular weight is 340 g/mol. The van der Waals surface area contributed by atoms with E-state index in [1.807, 2.05) is 13.8 Å². The quantitative estimate of drug-likeness (QED) is 0.760. The molecule has 1 unspecified atom stereocenters. The van der Waals surface area contributed by atoms with Crippen molar-refractivity contribution in [3.05, 3.63) is 30.0 Å². The van der Waals surface area contributed by atoms with Crippen LogP contribution in [0.5, 0.6) is 0 Å². The minimum absolute atomic E-state index is 0.133. The number of nitrogens with zero attached hydrogens (tertiary/aromatic N) is 1. The molecule has 0 aliphatic heterocycles. The first-order chi connectivity index (χ1) is 10.8. The first kappa shape index (κ1) is 17.4. The van der Waals surface area contributed by atoms with Crippen molar-refractivity contribution in [2.45, 2.75) is 26.0 Å². The molecule has 0 aliphatic rings. The van der Waals surface area contributed by atoms with E-state index in [2.05, 4.69) is 9.88 Å². The van der Waals surface area contributed by atoms with Crippen LogP contribution in [-0.4, -0.2) is 31.2 Å². The Morgan fingerprint density at radius 2 is 2.04 bits per heavy atom. The number of carboxylic acid groups (broad SMARTS) is 1. The zero-order valence-electron chi connectivity index (χ0n) is 13.0. The Morgan fingerprint density at radius 1 is 1.35 bits per heavy atom. The van der Waals surface area contributed by atoms with Crippen LogP contribution in [-0.2, 0) is 20.6 Å². The monoisotopic (exact) mass is 340 g/mol. The molecule has 1 aromatic carbocycles. The number of aliphatic carboxylic acids is 1. The lowest BCUT2D eigenvalue weighted by Gasteiger charge is -2.15. The second-order valence-corrected chi connectivity index (χ2v) is 7.70. The molecule has 126 valence electrons. The van der Waals surface area contributed by atoms with Crippen molar-refractivity contribution in [1.82, 2.24) is 9.88 Å². The molecule has 0 spiro atoms. The van der Waals surface area contributed by atoms with Gasteiger partial charge in [-0.3, -0.25) is 4.79 Å². The van der Waals surface area contributed by atoms with E-state index in [0.29, 0.717) is 23.1 Å². The molecule has 0 saturated carbocycles. The summed E-state index contributed by atoms with van der Waals surface area (Å²) in [5.41, 5.74) is 0.824. The van der Waals surface area contributed by atoms with Crippen LogP contribution in [0.15, 0.2) is 28.8 Å². The molecule has 1 heterocycles. The Labute approximate surface area is 134 Å². The van der Waals surface area contributed by atoms with Gasteiger partial charge in [-0.05, 0) is 24.5 Å². The largest absolute Gasteiger partial charge is 0.481 e. The lowest BCUT2D eigenvalue weighted by molar-refractivity contribution is -0.142. The van der Waals surface area contributed by atoms with Gasteiger partial charge < -0.3 is 9.63 Å². The van der Waals surface area contributed by atoms with Gasteiger partial charge in [-0.15, -0.1) is 0 Å². The molecule has 2 rings (SSSR count). The third kappa shape index (κ3) is 4.77. The van der Waals surface area contributed by atoms with Gasteiger partial charge in [0.1, 0.15) is 11.4 Å². The third-order valence-corrected chi connectivity index (χ3v) is 4.69. The fraction of sp³-hybridized carbons (Fsp3) is 0.467. The lowest BCUT2D eigenvalue weighted by Crippen LogP contribution is -2.34. The van der Waals surface area contributed by atoms with E-state index in [-0.39, 0.29) is 18.2 Å². The SMILES string of the molecule is CC(C)CC(CNS(=O)(=O)Cc1noc2ccccc12)C(=O)O. The zero-order chi connectivity index (χ0) is 17.0. The zero-order valence-corrected chi connectivity index (χ0v) is 13.8. The first-order valence-corrected chi connectivity index (χ1v) is 8.97. The number of hydrogen-bond donors (Lipinski definition) is 2. The van der Waals surface area contributed by atoms with Gasteiger partial charge in [-0.25, -0.2) is 13.1 Å². The van der Waals surface area contributed by atoms with Gasteiger partial charge in [0, 0.05) is 11.9 Å². The maximum atomic E-state index is 12.2. The van der Waals surface area contributed by atoms with Gasteiger partial charge in [0.25, 0.3) is 0 Å². The Kier molecular flexibility index (Phi) is 5.38. The van der Waals surface area contributed by atoms with Crippen LogP contribution in [0, 0.1) is 11.8 Å². The summed E-state index contributed by atoms with van der Waals surface area (Å²) in [5, 5.41) is 13.6. The van der Waals surface area contributed by atoms with Gasteiger partial charge in [-0.1, -0.05) is 31.1 Å². The normalized spacial score (nSPS) is 13.5. The average Bonchev–Trinajstić information content (AvgIpc) is 2.86. The topological polar surface area (TPSA) is 110 Å². The van der Waals surface area contributed by atoms with Crippen molar-refractivity contribution < 1.29 is 22.8 Å². The Bertz CT molecular complexity index is 782. The van der Waals surface area contributed by atoms with Gasteiger partial charge in [0.05, 0.1) is 5.92 Å². The molecule has 2 N–H and O–H groups in total. The predicted octanol–water partition coefficient (Wildman–Crippen LogP) is 1.99. The number of aromatic nitrogens is 1. The molecule has 7 nitrogen and oxygen atoms in total. The Morgan fingerprint density at radius 3 is 2.70 bits per heavy atom. The van der Waals surface area contributed by atoms with Crippen molar-refractivity contribution in [1.29, 1.82) is 0 Å². The Hall–Kier alpha value is -1.93. The van der Waals surface area contributed by atoms with Gasteiger partial charge in [-0.2, -0.15) is 0 Å². The predicted molar refractivity (Wildman–Crippen MR) is 85.2 cm³/mol. The van der Waals surface area contributed by atoms with Crippen LogP contribution in [0.4, 0.5) is 0 Å². The maximum absolute atomic E-state index is 12.2.